The summed E-state index contributed by atoms with van der Waals surface area (Å²) in [7, 11) is -1.88. The summed E-state index contributed by atoms with van der Waals surface area (Å²) in [6, 6.07) is 4.04. The van der Waals surface area contributed by atoms with Crippen LogP contribution in [-0.2, 0) is 10.0 Å². The minimum atomic E-state index is -3.73. The Balaban J connectivity index is 2.18. The van der Waals surface area contributed by atoms with Crippen LogP contribution in [0.15, 0.2) is 23.1 Å². The number of benzene rings is 1. The van der Waals surface area contributed by atoms with Crippen LogP contribution in [0.1, 0.15) is 6.42 Å². The predicted molar refractivity (Wildman–Crippen MR) is 78.7 cm³/mol. The van der Waals surface area contributed by atoms with E-state index in [2.05, 4.69) is 4.72 Å². The molecule has 1 aromatic rings. The van der Waals surface area contributed by atoms with Crippen molar-refractivity contribution < 1.29 is 13.5 Å². The van der Waals surface area contributed by atoms with E-state index in [9.17, 15) is 13.5 Å². The number of nitrogens with zero attached hydrogens (tertiary/aromatic N) is 1. The molecule has 0 radical (unpaired) electrons. The minimum absolute atomic E-state index is 0.00660. The highest BCUT2D eigenvalue weighted by molar-refractivity contribution is 7.89. The standard InChI is InChI=1S/C12H16Cl2N2O3S/c1-16-6-9(5-10(16)7-17)15-20(18,19)12-4-8(13)2-3-11(12)14/h2-4,9-10,15,17H,5-7H2,1H3/t9-,10+/m1/s1. The molecule has 0 aromatic heterocycles. The van der Waals surface area contributed by atoms with E-state index in [1.807, 2.05) is 11.9 Å². The van der Waals surface area contributed by atoms with E-state index in [4.69, 9.17) is 23.2 Å². The summed E-state index contributed by atoms with van der Waals surface area (Å²) in [6.45, 7) is 0.551. The summed E-state index contributed by atoms with van der Waals surface area (Å²) in [5.41, 5.74) is 0. The average molecular weight is 339 g/mol. The Labute approximate surface area is 128 Å². The Morgan fingerprint density at radius 3 is 2.75 bits per heavy atom. The summed E-state index contributed by atoms with van der Waals surface area (Å²) in [5.74, 6) is 0. The average Bonchev–Trinajstić information content (AvgIpc) is 2.71. The van der Waals surface area contributed by atoms with Gasteiger partial charge in [-0.05, 0) is 31.7 Å². The number of aliphatic hydroxyl groups is 1. The van der Waals surface area contributed by atoms with Crippen molar-refractivity contribution in [1.29, 1.82) is 0 Å². The van der Waals surface area contributed by atoms with Crippen LogP contribution in [0.4, 0.5) is 0 Å². The quantitative estimate of drug-likeness (QED) is 0.869. The molecule has 1 aromatic carbocycles. The first-order valence-corrected chi connectivity index (χ1v) is 8.36. The Bertz CT molecular complexity index is 594. The van der Waals surface area contributed by atoms with Crippen LogP contribution in [0, 0.1) is 0 Å². The molecule has 20 heavy (non-hydrogen) atoms. The van der Waals surface area contributed by atoms with Gasteiger partial charge in [0.15, 0.2) is 0 Å². The number of halogens is 2. The molecule has 1 aliphatic rings. The third-order valence-corrected chi connectivity index (χ3v) is 5.64. The number of likely N-dealkylation sites (tertiary alicyclic amines) is 1. The molecule has 1 saturated heterocycles. The van der Waals surface area contributed by atoms with Gasteiger partial charge in [0, 0.05) is 23.7 Å². The SMILES string of the molecule is CN1C[C@H](NS(=O)(=O)c2cc(Cl)ccc2Cl)C[C@H]1CO. The fourth-order valence-corrected chi connectivity index (χ4v) is 4.35. The molecule has 112 valence electrons. The van der Waals surface area contributed by atoms with E-state index < -0.39 is 10.0 Å². The van der Waals surface area contributed by atoms with Crippen molar-refractivity contribution in [2.75, 3.05) is 20.2 Å². The minimum Gasteiger partial charge on any atom is -0.395 e. The van der Waals surface area contributed by atoms with Crippen LogP contribution in [0.3, 0.4) is 0 Å². The molecular weight excluding hydrogens is 323 g/mol. The molecular formula is C12H16Cl2N2O3S. The first kappa shape index (κ1) is 16.0. The lowest BCUT2D eigenvalue weighted by Gasteiger charge is -2.15. The van der Waals surface area contributed by atoms with Crippen molar-refractivity contribution in [1.82, 2.24) is 9.62 Å². The first-order chi connectivity index (χ1) is 9.33. The topological polar surface area (TPSA) is 69.6 Å². The van der Waals surface area contributed by atoms with Gasteiger partial charge in [-0.2, -0.15) is 0 Å². The molecule has 0 bridgehead atoms. The molecule has 0 unspecified atom stereocenters. The van der Waals surface area contributed by atoms with Gasteiger partial charge < -0.3 is 5.11 Å². The maximum Gasteiger partial charge on any atom is 0.242 e. The van der Waals surface area contributed by atoms with Crippen molar-refractivity contribution in [2.45, 2.75) is 23.4 Å². The molecule has 1 heterocycles. The van der Waals surface area contributed by atoms with E-state index >= 15 is 0 Å². The zero-order valence-electron chi connectivity index (χ0n) is 10.9. The van der Waals surface area contributed by atoms with Crippen molar-refractivity contribution in [2.24, 2.45) is 0 Å². The van der Waals surface area contributed by atoms with E-state index in [1.165, 1.54) is 18.2 Å². The molecule has 0 spiro atoms. The molecule has 1 fully saturated rings. The molecule has 0 saturated carbocycles. The highest BCUT2D eigenvalue weighted by Gasteiger charge is 2.32. The Hall–Kier alpha value is -0.370. The van der Waals surface area contributed by atoms with Crippen LogP contribution in [0.25, 0.3) is 0 Å². The van der Waals surface area contributed by atoms with Gasteiger partial charge in [-0.15, -0.1) is 0 Å². The first-order valence-electron chi connectivity index (χ1n) is 6.12. The fourth-order valence-electron chi connectivity index (χ4n) is 2.34. The van der Waals surface area contributed by atoms with Crippen LogP contribution < -0.4 is 4.72 Å². The molecule has 2 atom stereocenters. The van der Waals surface area contributed by atoms with Crippen LogP contribution in [0.2, 0.25) is 10.0 Å². The predicted octanol–water partition coefficient (Wildman–Crippen LogP) is 1.34. The maximum absolute atomic E-state index is 12.3. The number of likely N-dealkylation sites (N-methyl/N-ethyl adjacent to an activating group) is 1. The normalized spacial score (nSPS) is 24.2. The van der Waals surface area contributed by atoms with Gasteiger partial charge >= 0.3 is 0 Å². The summed E-state index contributed by atoms with van der Waals surface area (Å²) >= 11 is 11.7. The van der Waals surface area contributed by atoms with Gasteiger partial charge in [0.05, 0.1) is 11.6 Å². The van der Waals surface area contributed by atoms with Crippen LogP contribution >= 0.6 is 23.2 Å². The zero-order valence-corrected chi connectivity index (χ0v) is 13.2. The Kier molecular flexibility index (Phi) is 4.94. The summed E-state index contributed by atoms with van der Waals surface area (Å²) < 4.78 is 27.3. The van der Waals surface area contributed by atoms with Gasteiger partial charge in [0.25, 0.3) is 0 Å². The van der Waals surface area contributed by atoms with Gasteiger partial charge in [-0.3, -0.25) is 4.90 Å². The Morgan fingerprint density at radius 2 is 2.15 bits per heavy atom. The third kappa shape index (κ3) is 3.44. The van der Waals surface area contributed by atoms with E-state index in [1.54, 1.807) is 0 Å². The lowest BCUT2D eigenvalue weighted by atomic mass is 10.2. The maximum atomic E-state index is 12.3. The third-order valence-electron chi connectivity index (χ3n) is 3.40. The van der Waals surface area contributed by atoms with E-state index in [0.717, 1.165) is 0 Å². The van der Waals surface area contributed by atoms with Crippen molar-refractivity contribution >= 4 is 33.2 Å². The van der Waals surface area contributed by atoms with Crippen LogP contribution in [-0.4, -0.2) is 50.7 Å². The number of sulfonamides is 1. The van der Waals surface area contributed by atoms with E-state index in [0.29, 0.717) is 18.0 Å². The number of aliphatic hydroxyl groups excluding tert-OH is 1. The summed E-state index contributed by atoms with van der Waals surface area (Å²) in [5, 5.41) is 9.64. The van der Waals surface area contributed by atoms with Crippen molar-refractivity contribution in [3.63, 3.8) is 0 Å². The second kappa shape index (κ2) is 6.17. The Morgan fingerprint density at radius 1 is 1.45 bits per heavy atom. The van der Waals surface area contributed by atoms with Gasteiger partial charge in [0.2, 0.25) is 10.0 Å². The molecule has 0 aliphatic carbocycles. The molecule has 2 rings (SSSR count). The number of nitrogens with one attached hydrogen (secondary N) is 1. The second-order valence-electron chi connectivity index (χ2n) is 4.90. The fraction of sp³-hybridized carbons (Fsp3) is 0.500. The second-order valence-corrected chi connectivity index (χ2v) is 7.43. The summed E-state index contributed by atoms with van der Waals surface area (Å²) in [6.07, 6.45) is 0.560. The smallest absolute Gasteiger partial charge is 0.242 e. The van der Waals surface area contributed by atoms with Gasteiger partial charge in [0.1, 0.15) is 4.90 Å². The lowest BCUT2D eigenvalue weighted by Crippen LogP contribution is -2.36. The molecule has 0 amide bonds. The lowest BCUT2D eigenvalue weighted by molar-refractivity contribution is 0.182. The highest BCUT2D eigenvalue weighted by atomic mass is 35.5. The zero-order chi connectivity index (χ0) is 14.9. The molecule has 5 nitrogen and oxygen atoms in total. The number of hydrogen-bond acceptors (Lipinski definition) is 4. The van der Waals surface area contributed by atoms with Crippen LogP contribution in [0.5, 0.6) is 0 Å². The van der Waals surface area contributed by atoms with Crippen molar-refractivity contribution in [3.8, 4) is 0 Å². The summed E-state index contributed by atoms with van der Waals surface area (Å²) in [4.78, 5) is 1.90. The van der Waals surface area contributed by atoms with Gasteiger partial charge in [-0.1, -0.05) is 23.2 Å². The molecule has 1 aliphatic heterocycles. The number of hydrogen-bond donors (Lipinski definition) is 2. The van der Waals surface area contributed by atoms with E-state index in [-0.39, 0.29) is 28.6 Å². The number of rotatable bonds is 4. The molecule has 2 N–H and O–H groups in total. The highest BCUT2D eigenvalue weighted by Crippen LogP contribution is 2.26. The molecule has 8 heteroatoms. The van der Waals surface area contributed by atoms with Crippen molar-refractivity contribution in [3.05, 3.63) is 28.2 Å². The largest absolute Gasteiger partial charge is 0.395 e. The van der Waals surface area contributed by atoms with Gasteiger partial charge in [-0.25, -0.2) is 13.1 Å². The monoisotopic (exact) mass is 338 g/mol.